The van der Waals surface area contributed by atoms with Crippen LogP contribution in [0.15, 0.2) is 36.4 Å². The lowest BCUT2D eigenvalue weighted by Gasteiger charge is -2.32. The number of hydrogen-bond acceptors (Lipinski definition) is 5. The van der Waals surface area contributed by atoms with Gasteiger partial charge in [-0.1, -0.05) is 23.7 Å². The number of hydrogen-bond donors (Lipinski definition) is 1. The second-order valence-electron chi connectivity index (χ2n) is 6.99. The monoisotopic (exact) mass is 416 g/mol. The highest BCUT2D eigenvalue weighted by Crippen LogP contribution is 2.40. The molecule has 0 unspecified atom stereocenters. The summed E-state index contributed by atoms with van der Waals surface area (Å²) in [7, 11) is 0. The first kappa shape index (κ1) is 17.7. The average Bonchev–Trinajstić information content (AvgIpc) is 3.34. The van der Waals surface area contributed by atoms with Crippen LogP contribution in [0.2, 0.25) is 5.02 Å². The van der Waals surface area contributed by atoms with Crippen molar-refractivity contribution >= 4 is 39.1 Å². The number of aromatic nitrogens is 1. The number of carbonyl (C=O) groups excluding carboxylic acids is 1. The Morgan fingerprint density at radius 2 is 2.04 bits per heavy atom. The summed E-state index contributed by atoms with van der Waals surface area (Å²) in [4.78, 5) is 20.9. The molecule has 28 heavy (non-hydrogen) atoms. The van der Waals surface area contributed by atoms with E-state index in [1.165, 1.54) is 9.60 Å². The van der Waals surface area contributed by atoms with E-state index >= 15 is 0 Å². The Kier molecular flexibility index (Phi) is 4.58. The van der Waals surface area contributed by atoms with E-state index in [-0.39, 0.29) is 12.7 Å². The van der Waals surface area contributed by atoms with Crippen molar-refractivity contribution in [2.24, 2.45) is 0 Å². The summed E-state index contributed by atoms with van der Waals surface area (Å²) in [6, 6.07) is 11.6. The zero-order valence-corrected chi connectivity index (χ0v) is 16.7. The van der Waals surface area contributed by atoms with Gasteiger partial charge in [-0.15, -0.1) is 11.3 Å². The highest BCUT2D eigenvalue weighted by molar-refractivity contribution is 7.18. The van der Waals surface area contributed by atoms with Crippen molar-refractivity contribution < 1.29 is 19.2 Å². The van der Waals surface area contributed by atoms with Crippen LogP contribution < -0.4 is 14.4 Å². The molecule has 6 nitrogen and oxygen atoms in total. The number of piperazine rings is 1. The minimum absolute atomic E-state index is 0.0146. The quantitative estimate of drug-likeness (QED) is 0.711. The van der Waals surface area contributed by atoms with E-state index in [2.05, 4.69) is 12.1 Å². The number of benzene rings is 2. The van der Waals surface area contributed by atoms with Crippen molar-refractivity contribution in [3.05, 3.63) is 52.0 Å². The standard InChI is InChI=1S/C20H18ClN3O3S/c21-14-9-13(10-16-19(14)27-12-26-16)20(25)24-7-5-23(6-8-24)11-18-22-15-3-1-2-4-17(15)28-18/h1-4,9-10H,5-8,11-12H2/p+1. The van der Waals surface area contributed by atoms with E-state index < -0.39 is 0 Å². The van der Waals surface area contributed by atoms with Gasteiger partial charge in [0.25, 0.3) is 5.91 Å². The van der Waals surface area contributed by atoms with Gasteiger partial charge in [0.1, 0.15) is 11.6 Å². The number of nitrogens with zero attached hydrogens (tertiary/aromatic N) is 2. The number of thiazole rings is 1. The van der Waals surface area contributed by atoms with Crippen LogP contribution in [0.5, 0.6) is 11.5 Å². The van der Waals surface area contributed by atoms with Crippen molar-refractivity contribution in [3.8, 4) is 11.5 Å². The molecule has 0 aliphatic carbocycles. The molecule has 3 heterocycles. The molecule has 1 saturated heterocycles. The Labute approximate surface area is 171 Å². The molecule has 1 fully saturated rings. The van der Waals surface area contributed by atoms with Gasteiger partial charge >= 0.3 is 0 Å². The summed E-state index contributed by atoms with van der Waals surface area (Å²) >= 11 is 7.97. The third-order valence-corrected chi connectivity index (χ3v) is 6.49. The molecule has 8 heteroatoms. The smallest absolute Gasteiger partial charge is 0.254 e. The van der Waals surface area contributed by atoms with Crippen LogP contribution in [-0.2, 0) is 6.54 Å². The zero-order valence-electron chi connectivity index (χ0n) is 15.1. The summed E-state index contributed by atoms with van der Waals surface area (Å²) in [5, 5.41) is 1.57. The number of fused-ring (bicyclic) bond motifs is 2. The highest BCUT2D eigenvalue weighted by Gasteiger charge is 2.27. The maximum absolute atomic E-state index is 12.9. The van der Waals surface area contributed by atoms with Crippen LogP contribution in [-0.4, -0.2) is 48.8 Å². The molecule has 2 aliphatic heterocycles. The number of para-hydroxylation sites is 1. The third-order valence-electron chi connectivity index (χ3n) is 5.17. The van der Waals surface area contributed by atoms with Crippen LogP contribution in [0.1, 0.15) is 15.4 Å². The van der Waals surface area contributed by atoms with Gasteiger partial charge in [-0.2, -0.15) is 0 Å². The molecule has 2 aromatic carbocycles. The number of amides is 1. The van der Waals surface area contributed by atoms with E-state index in [1.807, 2.05) is 17.0 Å². The van der Waals surface area contributed by atoms with Gasteiger partial charge in [0.05, 0.1) is 41.4 Å². The molecular formula is C20H19ClN3O3S+. The molecule has 0 atom stereocenters. The Hall–Kier alpha value is -2.35. The summed E-state index contributed by atoms with van der Waals surface area (Å²) in [5.41, 5.74) is 1.61. The molecule has 144 valence electrons. The first-order chi connectivity index (χ1) is 13.7. The van der Waals surface area contributed by atoms with Gasteiger partial charge in [0.15, 0.2) is 11.5 Å². The molecular weight excluding hydrogens is 398 g/mol. The van der Waals surface area contributed by atoms with Crippen molar-refractivity contribution in [2.45, 2.75) is 6.54 Å². The summed E-state index contributed by atoms with van der Waals surface area (Å²) in [5.74, 6) is 1.04. The fourth-order valence-corrected chi connectivity index (χ4v) is 4.99. The Morgan fingerprint density at radius 3 is 2.86 bits per heavy atom. The number of rotatable bonds is 3. The lowest BCUT2D eigenvalue weighted by atomic mass is 10.1. The van der Waals surface area contributed by atoms with E-state index in [1.54, 1.807) is 23.5 Å². The molecule has 1 aromatic heterocycles. The summed E-state index contributed by atoms with van der Waals surface area (Å²) in [6.45, 7) is 4.27. The molecule has 5 rings (SSSR count). The van der Waals surface area contributed by atoms with Crippen LogP contribution in [0.25, 0.3) is 10.2 Å². The van der Waals surface area contributed by atoms with Crippen molar-refractivity contribution in [1.29, 1.82) is 0 Å². The Bertz CT molecular complexity index is 1010. The van der Waals surface area contributed by atoms with E-state index in [4.69, 9.17) is 26.1 Å². The highest BCUT2D eigenvalue weighted by atomic mass is 35.5. The van der Waals surface area contributed by atoms with Crippen LogP contribution >= 0.6 is 22.9 Å². The zero-order chi connectivity index (χ0) is 19.1. The molecule has 2 aliphatic rings. The fraction of sp³-hybridized carbons (Fsp3) is 0.300. The maximum Gasteiger partial charge on any atom is 0.254 e. The fourth-order valence-electron chi connectivity index (χ4n) is 3.69. The Morgan fingerprint density at radius 1 is 1.21 bits per heavy atom. The second-order valence-corrected chi connectivity index (χ2v) is 8.51. The maximum atomic E-state index is 12.9. The molecule has 1 amide bonds. The lowest BCUT2D eigenvalue weighted by Crippen LogP contribution is -3.13. The number of nitrogens with one attached hydrogen (secondary N) is 1. The van der Waals surface area contributed by atoms with Crippen molar-refractivity contribution in [3.63, 3.8) is 0 Å². The second kappa shape index (κ2) is 7.24. The molecule has 0 bridgehead atoms. The van der Waals surface area contributed by atoms with E-state index in [0.717, 1.165) is 30.2 Å². The third kappa shape index (κ3) is 3.30. The van der Waals surface area contributed by atoms with Gasteiger partial charge in [-0.05, 0) is 24.3 Å². The average molecular weight is 417 g/mol. The predicted molar refractivity (Wildman–Crippen MR) is 107 cm³/mol. The van der Waals surface area contributed by atoms with Crippen molar-refractivity contribution in [2.75, 3.05) is 33.0 Å². The molecule has 0 saturated carbocycles. The lowest BCUT2D eigenvalue weighted by molar-refractivity contribution is -0.917. The summed E-state index contributed by atoms with van der Waals surface area (Å²) in [6.07, 6.45) is 0. The van der Waals surface area contributed by atoms with Gasteiger partial charge in [-0.25, -0.2) is 4.98 Å². The number of halogens is 1. The SMILES string of the molecule is O=C(c1cc(Cl)c2c(c1)OCO2)N1CC[NH+](Cc2nc3ccccc3s2)CC1. The first-order valence-electron chi connectivity index (χ1n) is 9.24. The topological polar surface area (TPSA) is 56.1 Å². The molecule has 0 radical (unpaired) electrons. The molecule has 3 aromatic rings. The van der Waals surface area contributed by atoms with E-state index in [0.29, 0.717) is 35.2 Å². The molecule has 0 spiro atoms. The van der Waals surface area contributed by atoms with Gasteiger partial charge in [0.2, 0.25) is 6.79 Å². The van der Waals surface area contributed by atoms with Crippen LogP contribution in [0.3, 0.4) is 0 Å². The van der Waals surface area contributed by atoms with Gasteiger partial charge in [0, 0.05) is 5.56 Å². The van der Waals surface area contributed by atoms with Crippen LogP contribution in [0.4, 0.5) is 0 Å². The Balaban J connectivity index is 1.23. The van der Waals surface area contributed by atoms with Gasteiger partial charge in [-0.3, -0.25) is 4.79 Å². The largest absolute Gasteiger partial charge is 0.454 e. The minimum Gasteiger partial charge on any atom is -0.454 e. The van der Waals surface area contributed by atoms with Crippen LogP contribution in [0, 0.1) is 0 Å². The normalized spacial score (nSPS) is 16.7. The number of quaternary nitrogens is 1. The number of carbonyl (C=O) groups is 1. The van der Waals surface area contributed by atoms with Crippen molar-refractivity contribution in [1.82, 2.24) is 9.88 Å². The van der Waals surface area contributed by atoms with Gasteiger partial charge < -0.3 is 19.3 Å². The predicted octanol–water partition coefficient (Wildman–Crippen LogP) is 2.22. The van der Waals surface area contributed by atoms with E-state index in [9.17, 15) is 4.79 Å². The molecule has 1 N–H and O–H groups in total. The summed E-state index contributed by atoms with van der Waals surface area (Å²) < 4.78 is 11.9. The number of ether oxygens (including phenoxy) is 2. The first-order valence-corrected chi connectivity index (χ1v) is 10.4. The minimum atomic E-state index is -0.0146.